The lowest BCUT2D eigenvalue weighted by atomic mass is 10.0. The molecule has 1 aromatic carbocycles. The zero-order valence-electron chi connectivity index (χ0n) is 26.0. The topological polar surface area (TPSA) is 124 Å². The van der Waals surface area contributed by atoms with E-state index in [-0.39, 0.29) is 17.9 Å². The van der Waals surface area contributed by atoms with Crippen LogP contribution >= 0.6 is 11.6 Å². The first kappa shape index (κ1) is 31.4. The van der Waals surface area contributed by atoms with Crippen molar-refractivity contribution in [1.82, 2.24) is 34.7 Å². The molecule has 5 aromatic heterocycles. The highest BCUT2D eigenvalue weighted by atomic mass is 35.5. The van der Waals surface area contributed by atoms with Gasteiger partial charge in [0, 0.05) is 95.3 Å². The predicted octanol–water partition coefficient (Wildman–Crippen LogP) is 6.72. The Hall–Kier alpha value is -5.89. The molecule has 1 saturated heterocycles. The zero-order valence-corrected chi connectivity index (χ0v) is 26.7. The van der Waals surface area contributed by atoms with Crippen LogP contribution in [-0.2, 0) is 6.42 Å². The summed E-state index contributed by atoms with van der Waals surface area (Å²) in [6.07, 6.45) is 10.1. The average Bonchev–Trinajstić information content (AvgIpc) is 3.83. The van der Waals surface area contributed by atoms with Gasteiger partial charge in [0.25, 0.3) is 11.9 Å². The van der Waals surface area contributed by atoms with E-state index in [1.165, 1.54) is 30.5 Å². The lowest BCUT2D eigenvalue weighted by Crippen LogP contribution is -2.22. The molecule has 2 aliphatic rings. The fourth-order valence-corrected chi connectivity index (χ4v) is 6.16. The maximum absolute atomic E-state index is 14.3. The smallest absolute Gasteiger partial charge is 0.420 e. The molecule has 0 bridgehead atoms. The Morgan fingerprint density at radius 2 is 1.84 bits per heavy atom. The Labute approximate surface area is 287 Å². The number of benzene rings is 1. The van der Waals surface area contributed by atoms with Crippen LogP contribution in [0.2, 0.25) is 0 Å². The van der Waals surface area contributed by atoms with Crippen molar-refractivity contribution in [2.45, 2.75) is 24.6 Å². The number of halogens is 4. The average molecular weight is 696 g/mol. The normalized spacial score (nSPS) is 15.1. The molecule has 250 valence electrons. The summed E-state index contributed by atoms with van der Waals surface area (Å²) in [5.74, 6) is 0.271. The van der Waals surface area contributed by atoms with E-state index in [4.69, 9.17) is 26.7 Å². The second-order valence-corrected chi connectivity index (χ2v) is 12.2. The van der Waals surface area contributed by atoms with Gasteiger partial charge in [-0.1, -0.05) is 0 Å². The lowest BCUT2D eigenvalue weighted by molar-refractivity contribution is -0.0964. The lowest BCUT2D eigenvalue weighted by Gasteiger charge is -2.21. The van der Waals surface area contributed by atoms with Gasteiger partial charge >= 0.3 is 5.57 Å². The molecule has 1 aliphatic heterocycles. The molecule has 0 unspecified atom stereocenters. The van der Waals surface area contributed by atoms with Crippen molar-refractivity contribution in [2.24, 2.45) is 0 Å². The van der Waals surface area contributed by atoms with E-state index in [1.54, 1.807) is 35.5 Å². The van der Waals surface area contributed by atoms with Crippen LogP contribution < -0.4 is 15.0 Å². The third-order valence-electron chi connectivity index (χ3n) is 8.39. The number of fused-ring (bicyclic) bond motifs is 3. The molecule has 6 heterocycles. The summed E-state index contributed by atoms with van der Waals surface area (Å²) in [6, 6.07) is 14.5. The van der Waals surface area contributed by atoms with Crippen molar-refractivity contribution in [3.8, 4) is 45.3 Å². The van der Waals surface area contributed by atoms with E-state index in [0.29, 0.717) is 53.7 Å². The number of anilines is 2. The number of pyridine rings is 3. The van der Waals surface area contributed by atoms with Gasteiger partial charge in [0.15, 0.2) is 0 Å². The van der Waals surface area contributed by atoms with Crippen molar-refractivity contribution >= 4 is 29.0 Å². The number of carbonyl (C=O) groups excluding carboxylic acids is 1. The van der Waals surface area contributed by atoms with Crippen molar-refractivity contribution in [2.75, 3.05) is 23.3 Å². The Kier molecular flexibility index (Phi) is 7.86. The Bertz CT molecular complexity index is 2230. The fraction of sp³-hybridized carbons (Fsp3) is 0.171. The Morgan fingerprint density at radius 3 is 2.60 bits per heavy atom. The molecule has 8 rings (SSSR count). The van der Waals surface area contributed by atoms with Crippen LogP contribution in [0.1, 0.15) is 28.0 Å². The molecule has 0 radical (unpaired) electrons. The van der Waals surface area contributed by atoms with Gasteiger partial charge in [-0.2, -0.15) is 5.10 Å². The number of nitrogens with zero attached hydrogens (tertiary/aromatic N) is 8. The van der Waals surface area contributed by atoms with E-state index in [2.05, 4.69) is 25.0 Å². The van der Waals surface area contributed by atoms with Crippen LogP contribution in [0.4, 0.5) is 24.7 Å². The van der Waals surface area contributed by atoms with E-state index in [0.717, 1.165) is 28.1 Å². The number of hydrogen-bond donors (Lipinski definition) is 1. The van der Waals surface area contributed by atoms with E-state index < -0.39 is 17.6 Å². The van der Waals surface area contributed by atoms with E-state index in [1.807, 2.05) is 35.4 Å². The SMILES string of the molecule is O=C(Nc1ccc(OC(F)(F)Cl)cc1)c1cnc(N2CC[C@@H](F)C2)c(-c2cnc3c(c2)-c2nn(-c4nccc(-c5cccnc5)n4)cc2C3)c1. The molecular formula is C35H25ClF3N9O2. The van der Waals surface area contributed by atoms with Gasteiger partial charge in [0.1, 0.15) is 17.7 Å². The molecule has 1 N–H and O–H groups in total. The maximum atomic E-state index is 14.3. The monoisotopic (exact) mass is 695 g/mol. The minimum Gasteiger partial charge on any atom is -0.420 e. The highest BCUT2D eigenvalue weighted by Crippen LogP contribution is 2.40. The molecule has 1 fully saturated rings. The second kappa shape index (κ2) is 12.5. The van der Waals surface area contributed by atoms with Crippen molar-refractivity contribution in [3.63, 3.8) is 0 Å². The molecule has 1 amide bonds. The number of alkyl halides is 4. The molecule has 0 spiro atoms. The number of nitrogens with one attached hydrogen (secondary N) is 1. The molecule has 6 aromatic rings. The van der Waals surface area contributed by atoms with E-state index in [9.17, 15) is 18.0 Å². The predicted molar refractivity (Wildman–Crippen MR) is 179 cm³/mol. The summed E-state index contributed by atoms with van der Waals surface area (Å²) in [5.41, 5.74) is 2.88. The molecule has 11 nitrogen and oxygen atoms in total. The Morgan fingerprint density at radius 1 is 0.980 bits per heavy atom. The zero-order chi connectivity index (χ0) is 34.4. The minimum absolute atomic E-state index is 0.170. The van der Waals surface area contributed by atoms with Crippen LogP contribution in [0.3, 0.4) is 0 Å². The molecule has 1 aliphatic carbocycles. The quantitative estimate of drug-likeness (QED) is 0.173. The van der Waals surface area contributed by atoms with Crippen molar-refractivity contribution in [3.05, 3.63) is 109 Å². The standard InChI is InChI=1S/C35H25ClF3N9O2/c36-35(38,39)50-26-5-3-25(4-6-26)44-33(49)22-13-27(32(43-17-22)47-11-8-24(37)19-47)21-12-28-30(42-16-21)14-23-18-48(46-31(23)28)34-41-10-7-29(45-34)20-2-1-9-40-15-20/h1-7,9-10,12-13,15-18,24H,8,11,14,19H2,(H,44,49)/t24-/m1/s1. The van der Waals surface area contributed by atoms with Crippen LogP contribution in [0.25, 0.3) is 39.6 Å². The molecule has 15 heteroatoms. The highest BCUT2D eigenvalue weighted by molar-refractivity contribution is 6.20. The van der Waals surface area contributed by atoms with Crippen LogP contribution in [0, 0.1) is 0 Å². The fourth-order valence-electron chi connectivity index (χ4n) is 6.07. The first-order valence-electron chi connectivity index (χ1n) is 15.5. The van der Waals surface area contributed by atoms with Crippen molar-refractivity contribution < 1.29 is 22.7 Å². The van der Waals surface area contributed by atoms with E-state index >= 15 is 0 Å². The molecule has 0 saturated carbocycles. The summed E-state index contributed by atoms with van der Waals surface area (Å²) in [5, 5.41) is 7.58. The molecule has 1 atom stereocenters. The first-order chi connectivity index (χ1) is 24.2. The maximum Gasteiger partial charge on any atom is 0.487 e. The number of ether oxygens (including phenoxy) is 1. The van der Waals surface area contributed by atoms with Gasteiger partial charge in [-0.15, -0.1) is 8.78 Å². The summed E-state index contributed by atoms with van der Waals surface area (Å²) in [7, 11) is 0. The summed E-state index contributed by atoms with van der Waals surface area (Å²) in [4.78, 5) is 37.9. The second-order valence-electron chi connectivity index (χ2n) is 11.8. The largest absolute Gasteiger partial charge is 0.487 e. The van der Waals surface area contributed by atoms with Gasteiger partial charge in [-0.3, -0.25) is 14.8 Å². The summed E-state index contributed by atoms with van der Waals surface area (Å²) >= 11 is 4.84. The number of hydrogen-bond acceptors (Lipinski definition) is 9. The number of rotatable bonds is 8. The number of carbonyl (C=O) groups is 1. The number of amides is 1. The van der Waals surface area contributed by atoms with Gasteiger partial charge in [-0.25, -0.2) is 24.0 Å². The first-order valence-corrected chi connectivity index (χ1v) is 15.9. The molecular weight excluding hydrogens is 671 g/mol. The van der Waals surface area contributed by atoms with Crippen LogP contribution in [0.5, 0.6) is 5.75 Å². The Balaban J connectivity index is 1.11. The third-order valence-corrected chi connectivity index (χ3v) is 8.47. The summed E-state index contributed by atoms with van der Waals surface area (Å²) in [6.45, 7) is 0.639. The highest BCUT2D eigenvalue weighted by Gasteiger charge is 2.30. The van der Waals surface area contributed by atoms with Gasteiger partial charge < -0.3 is 15.0 Å². The molecule has 50 heavy (non-hydrogen) atoms. The minimum atomic E-state index is -3.86. The summed E-state index contributed by atoms with van der Waals surface area (Å²) < 4.78 is 46.3. The van der Waals surface area contributed by atoms with Crippen molar-refractivity contribution in [1.29, 1.82) is 0 Å². The van der Waals surface area contributed by atoms with Crippen LogP contribution in [-0.4, -0.2) is 65.4 Å². The van der Waals surface area contributed by atoms with Crippen LogP contribution in [0.15, 0.2) is 91.8 Å². The third kappa shape index (κ3) is 6.32. The number of aromatic nitrogens is 7. The van der Waals surface area contributed by atoms with Gasteiger partial charge in [0.2, 0.25) is 0 Å². The van der Waals surface area contributed by atoms with Gasteiger partial charge in [0.05, 0.1) is 29.2 Å². The van der Waals surface area contributed by atoms with Gasteiger partial charge in [-0.05, 0) is 61.0 Å².